The summed E-state index contributed by atoms with van der Waals surface area (Å²) in [5.41, 5.74) is 10.0. The quantitative estimate of drug-likeness (QED) is 0.411. The molecule has 2 aliphatic heterocycles. The lowest BCUT2D eigenvalue weighted by Gasteiger charge is -2.24. The SMILES string of the molecule is CC1Cc2c(C(N)=O)cccc2N1c1nc2c(c(NCc3cccc(B(O)O)c3)n1)OCC2. The smallest absolute Gasteiger partial charge is 0.487 e. The van der Waals surface area contributed by atoms with E-state index in [9.17, 15) is 14.8 Å². The maximum atomic E-state index is 11.9. The highest BCUT2D eigenvalue weighted by atomic mass is 16.5. The standard InChI is InChI=1S/C23H24BN5O4/c1-13-10-17-16(21(25)30)6-3-7-19(17)29(13)23-27-18-8-9-33-20(18)22(28-23)26-12-14-4-2-5-15(11-14)24(31)32/h2-7,11,13,31-32H,8-10,12H2,1H3,(H2,25,30)(H,26,27,28). The molecular weight excluding hydrogens is 421 g/mol. The van der Waals surface area contributed by atoms with E-state index in [-0.39, 0.29) is 6.04 Å². The highest BCUT2D eigenvalue weighted by molar-refractivity contribution is 6.58. The van der Waals surface area contributed by atoms with Gasteiger partial charge in [-0.1, -0.05) is 30.3 Å². The van der Waals surface area contributed by atoms with E-state index in [0.29, 0.717) is 54.5 Å². The Morgan fingerprint density at radius 2 is 2.09 bits per heavy atom. The summed E-state index contributed by atoms with van der Waals surface area (Å²) in [6.07, 6.45) is 1.35. The number of ether oxygens (including phenoxy) is 1. The van der Waals surface area contributed by atoms with Crippen LogP contribution in [0, 0.1) is 0 Å². The summed E-state index contributed by atoms with van der Waals surface area (Å²) >= 11 is 0. The van der Waals surface area contributed by atoms with Crippen molar-refractivity contribution in [1.29, 1.82) is 0 Å². The number of carbonyl (C=O) groups excluding carboxylic acids is 1. The van der Waals surface area contributed by atoms with Crippen LogP contribution >= 0.6 is 0 Å². The van der Waals surface area contributed by atoms with Gasteiger partial charge >= 0.3 is 7.12 Å². The maximum absolute atomic E-state index is 11.9. The molecule has 168 valence electrons. The van der Waals surface area contributed by atoms with E-state index in [0.717, 1.165) is 22.5 Å². The van der Waals surface area contributed by atoms with Gasteiger partial charge < -0.3 is 30.7 Å². The van der Waals surface area contributed by atoms with Crippen LogP contribution < -0.4 is 26.2 Å². The number of fused-ring (bicyclic) bond motifs is 2. The number of nitrogens with two attached hydrogens (primary N) is 1. The van der Waals surface area contributed by atoms with Crippen molar-refractivity contribution < 1.29 is 19.6 Å². The number of nitrogens with one attached hydrogen (secondary N) is 1. The number of carbonyl (C=O) groups is 1. The zero-order chi connectivity index (χ0) is 23.1. The number of nitrogens with zero attached hydrogens (tertiary/aromatic N) is 3. The molecule has 1 atom stereocenters. The van der Waals surface area contributed by atoms with Gasteiger partial charge in [-0.05, 0) is 42.1 Å². The minimum Gasteiger partial charge on any atom is -0.487 e. The number of benzene rings is 2. The van der Waals surface area contributed by atoms with Crippen LogP contribution in [0.4, 0.5) is 17.5 Å². The summed E-state index contributed by atoms with van der Waals surface area (Å²) < 4.78 is 5.80. The van der Waals surface area contributed by atoms with E-state index in [1.54, 1.807) is 24.3 Å². The second-order valence-corrected chi connectivity index (χ2v) is 8.31. The molecule has 10 heteroatoms. The Labute approximate surface area is 191 Å². The molecule has 5 rings (SSSR count). The molecule has 2 aliphatic rings. The van der Waals surface area contributed by atoms with Gasteiger partial charge in [-0.2, -0.15) is 4.98 Å². The fourth-order valence-electron chi connectivity index (χ4n) is 4.51. The molecule has 0 saturated carbocycles. The van der Waals surface area contributed by atoms with Crippen molar-refractivity contribution in [3.8, 4) is 5.75 Å². The summed E-state index contributed by atoms with van der Waals surface area (Å²) in [6, 6.07) is 12.6. The van der Waals surface area contributed by atoms with Crippen molar-refractivity contribution in [1.82, 2.24) is 9.97 Å². The topological polar surface area (TPSA) is 134 Å². The third-order valence-corrected chi connectivity index (χ3v) is 6.05. The van der Waals surface area contributed by atoms with Crippen LogP contribution in [0.25, 0.3) is 0 Å². The van der Waals surface area contributed by atoms with Gasteiger partial charge in [-0.3, -0.25) is 4.79 Å². The van der Waals surface area contributed by atoms with Crippen LogP contribution in [0.5, 0.6) is 5.75 Å². The molecule has 0 aliphatic carbocycles. The predicted octanol–water partition coefficient (Wildman–Crippen LogP) is 0.885. The lowest BCUT2D eigenvalue weighted by Crippen LogP contribution is -2.30. The fraction of sp³-hybridized carbons (Fsp3) is 0.261. The van der Waals surface area contributed by atoms with Gasteiger partial charge in [0, 0.05) is 30.3 Å². The van der Waals surface area contributed by atoms with E-state index < -0.39 is 13.0 Å². The van der Waals surface area contributed by atoms with Crippen LogP contribution in [-0.4, -0.2) is 45.7 Å². The van der Waals surface area contributed by atoms with Crippen molar-refractivity contribution in [2.24, 2.45) is 5.73 Å². The summed E-state index contributed by atoms with van der Waals surface area (Å²) in [6.45, 7) is 3.02. The minimum atomic E-state index is -1.52. The van der Waals surface area contributed by atoms with Crippen molar-refractivity contribution in [3.05, 3.63) is 64.8 Å². The molecule has 33 heavy (non-hydrogen) atoms. The maximum Gasteiger partial charge on any atom is 0.488 e. The molecule has 2 aromatic carbocycles. The van der Waals surface area contributed by atoms with Crippen LogP contribution in [0.3, 0.4) is 0 Å². The first-order chi connectivity index (χ1) is 15.9. The summed E-state index contributed by atoms with van der Waals surface area (Å²) in [4.78, 5) is 23.5. The summed E-state index contributed by atoms with van der Waals surface area (Å²) in [5, 5.41) is 22.2. The minimum absolute atomic E-state index is 0.0523. The Kier molecular flexibility index (Phi) is 5.39. The molecule has 1 aromatic heterocycles. The highest BCUT2D eigenvalue weighted by Crippen LogP contribution is 2.41. The van der Waals surface area contributed by atoms with Crippen LogP contribution in [0.15, 0.2) is 42.5 Å². The third-order valence-electron chi connectivity index (χ3n) is 6.05. The molecule has 1 amide bonds. The first-order valence-corrected chi connectivity index (χ1v) is 10.9. The number of anilines is 3. The van der Waals surface area contributed by atoms with Gasteiger partial charge in [0.25, 0.3) is 0 Å². The number of amides is 1. The van der Waals surface area contributed by atoms with Crippen LogP contribution in [-0.2, 0) is 19.4 Å². The Bertz CT molecular complexity index is 1240. The van der Waals surface area contributed by atoms with Gasteiger partial charge in [-0.15, -0.1) is 0 Å². The van der Waals surface area contributed by atoms with Gasteiger partial charge in [0.2, 0.25) is 11.9 Å². The molecular formula is C23H24BN5O4. The van der Waals surface area contributed by atoms with E-state index in [2.05, 4.69) is 12.2 Å². The Morgan fingerprint density at radius 3 is 2.88 bits per heavy atom. The zero-order valence-electron chi connectivity index (χ0n) is 18.2. The molecule has 0 saturated heterocycles. The third kappa shape index (κ3) is 3.87. The summed E-state index contributed by atoms with van der Waals surface area (Å²) in [7, 11) is -1.52. The first-order valence-electron chi connectivity index (χ1n) is 10.9. The van der Waals surface area contributed by atoms with Gasteiger partial charge in [0.1, 0.15) is 0 Å². The molecule has 1 unspecified atom stereocenters. The number of primary amides is 1. The molecule has 3 heterocycles. The largest absolute Gasteiger partial charge is 0.488 e. The van der Waals surface area contributed by atoms with Gasteiger partial charge in [-0.25, -0.2) is 4.98 Å². The molecule has 0 bridgehead atoms. The molecule has 5 N–H and O–H groups in total. The van der Waals surface area contributed by atoms with Gasteiger partial charge in [0.05, 0.1) is 12.3 Å². The summed E-state index contributed by atoms with van der Waals surface area (Å²) in [5.74, 6) is 1.31. The molecule has 0 spiro atoms. The Hall–Kier alpha value is -3.63. The van der Waals surface area contributed by atoms with E-state index in [1.165, 1.54) is 0 Å². The normalized spacial score (nSPS) is 16.2. The highest BCUT2D eigenvalue weighted by Gasteiger charge is 2.33. The molecule has 0 radical (unpaired) electrons. The second-order valence-electron chi connectivity index (χ2n) is 8.31. The molecule has 3 aromatic rings. The van der Waals surface area contributed by atoms with E-state index >= 15 is 0 Å². The molecule has 9 nitrogen and oxygen atoms in total. The van der Waals surface area contributed by atoms with E-state index in [1.807, 2.05) is 23.1 Å². The molecule has 0 fully saturated rings. The lowest BCUT2D eigenvalue weighted by molar-refractivity contribution is 0.0999. The number of rotatable bonds is 6. The Balaban J connectivity index is 1.49. The first kappa shape index (κ1) is 21.2. The van der Waals surface area contributed by atoms with Crippen molar-refractivity contribution in [3.63, 3.8) is 0 Å². The van der Waals surface area contributed by atoms with Crippen LogP contribution in [0.1, 0.15) is 34.1 Å². The predicted molar refractivity (Wildman–Crippen MR) is 125 cm³/mol. The lowest BCUT2D eigenvalue weighted by atomic mass is 9.80. The zero-order valence-corrected chi connectivity index (χ0v) is 18.2. The Morgan fingerprint density at radius 1 is 1.27 bits per heavy atom. The van der Waals surface area contributed by atoms with E-state index in [4.69, 9.17) is 20.4 Å². The van der Waals surface area contributed by atoms with Crippen molar-refractivity contribution in [2.45, 2.75) is 32.4 Å². The van der Waals surface area contributed by atoms with Crippen LogP contribution in [0.2, 0.25) is 0 Å². The number of hydrogen-bond acceptors (Lipinski definition) is 8. The van der Waals surface area contributed by atoms with Crippen molar-refractivity contribution in [2.75, 3.05) is 16.8 Å². The van der Waals surface area contributed by atoms with Gasteiger partial charge in [0.15, 0.2) is 11.6 Å². The fourth-order valence-corrected chi connectivity index (χ4v) is 4.51. The average Bonchev–Trinajstić information content (AvgIpc) is 3.40. The monoisotopic (exact) mass is 445 g/mol. The number of aromatic nitrogens is 2. The number of hydrogen-bond donors (Lipinski definition) is 4. The van der Waals surface area contributed by atoms with Crippen molar-refractivity contribution >= 4 is 35.9 Å². The second kappa shape index (κ2) is 8.38. The average molecular weight is 445 g/mol.